The molecular formula is C14H17BrF3NO2. The van der Waals surface area contributed by atoms with E-state index in [-0.39, 0.29) is 22.7 Å². The number of alkyl halides is 3. The Hall–Kier alpha value is -1.08. The van der Waals surface area contributed by atoms with E-state index in [4.69, 9.17) is 4.74 Å². The molecule has 1 rings (SSSR count). The maximum absolute atomic E-state index is 13.1. The highest BCUT2D eigenvalue weighted by Gasteiger charge is 2.36. The smallest absolute Gasteiger partial charge is 0.383 e. The highest BCUT2D eigenvalue weighted by molar-refractivity contribution is 9.10. The van der Waals surface area contributed by atoms with E-state index >= 15 is 0 Å². The van der Waals surface area contributed by atoms with Crippen molar-refractivity contribution in [1.82, 2.24) is 4.90 Å². The van der Waals surface area contributed by atoms with Gasteiger partial charge in [-0.1, -0.05) is 15.9 Å². The Labute approximate surface area is 130 Å². The van der Waals surface area contributed by atoms with Crippen molar-refractivity contribution >= 4 is 21.8 Å². The van der Waals surface area contributed by atoms with Gasteiger partial charge in [0.25, 0.3) is 5.91 Å². The molecule has 3 nitrogen and oxygen atoms in total. The van der Waals surface area contributed by atoms with Crippen LogP contribution in [0.25, 0.3) is 0 Å². The predicted octanol–water partition coefficient (Wildman–Crippen LogP) is 3.96. The minimum atomic E-state index is -4.58. The first-order chi connectivity index (χ1) is 9.72. The molecule has 0 bridgehead atoms. The van der Waals surface area contributed by atoms with Gasteiger partial charge in [0.2, 0.25) is 0 Å². The molecule has 0 aliphatic carbocycles. The zero-order valence-electron chi connectivity index (χ0n) is 12.0. The Balaban J connectivity index is 3.23. The number of carbonyl (C=O) groups excluding carboxylic acids is 1. The van der Waals surface area contributed by atoms with Crippen LogP contribution in [0.2, 0.25) is 0 Å². The SMILES string of the molecule is CCN(C(=O)c1ccc(Br)cc1C(F)(F)F)C(C)COC. The van der Waals surface area contributed by atoms with Crippen LogP contribution >= 0.6 is 15.9 Å². The summed E-state index contributed by atoms with van der Waals surface area (Å²) in [7, 11) is 1.48. The normalized spacial score (nSPS) is 13.1. The number of carbonyl (C=O) groups is 1. The van der Waals surface area contributed by atoms with Gasteiger partial charge in [0.05, 0.1) is 23.8 Å². The number of ether oxygens (including phenoxy) is 1. The van der Waals surface area contributed by atoms with Gasteiger partial charge in [-0.05, 0) is 32.0 Å². The van der Waals surface area contributed by atoms with Crippen LogP contribution in [-0.4, -0.2) is 37.1 Å². The Morgan fingerprint density at radius 1 is 1.43 bits per heavy atom. The van der Waals surface area contributed by atoms with Crippen LogP contribution in [0.3, 0.4) is 0 Å². The van der Waals surface area contributed by atoms with Crippen LogP contribution in [0, 0.1) is 0 Å². The van der Waals surface area contributed by atoms with Gasteiger partial charge in [-0.25, -0.2) is 0 Å². The molecule has 0 saturated carbocycles. The number of benzene rings is 1. The molecule has 1 aromatic rings. The van der Waals surface area contributed by atoms with E-state index in [1.807, 2.05) is 0 Å². The largest absolute Gasteiger partial charge is 0.417 e. The highest BCUT2D eigenvalue weighted by atomic mass is 79.9. The third-order valence-corrected chi connectivity index (χ3v) is 3.55. The maximum atomic E-state index is 13.1. The Morgan fingerprint density at radius 2 is 2.05 bits per heavy atom. The van der Waals surface area contributed by atoms with Gasteiger partial charge in [0.1, 0.15) is 0 Å². The first-order valence-corrected chi connectivity index (χ1v) is 7.18. The quantitative estimate of drug-likeness (QED) is 0.787. The summed E-state index contributed by atoms with van der Waals surface area (Å²) >= 11 is 3.00. The molecule has 1 atom stereocenters. The molecule has 118 valence electrons. The van der Waals surface area contributed by atoms with Crippen molar-refractivity contribution in [2.45, 2.75) is 26.1 Å². The lowest BCUT2D eigenvalue weighted by molar-refractivity contribution is -0.138. The third-order valence-electron chi connectivity index (χ3n) is 3.06. The fourth-order valence-electron chi connectivity index (χ4n) is 2.08. The highest BCUT2D eigenvalue weighted by Crippen LogP contribution is 2.34. The second-order valence-corrected chi connectivity index (χ2v) is 5.50. The van der Waals surface area contributed by atoms with Crippen molar-refractivity contribution in [2.24, 2.45) is 0 Å². The van der Waals surface area contributed by atoms with Crippen molar-refractivity contribution in [3.63, 3.8) is 0 Å². The number of hydrogen-bond acceptors (Lipinski definition) is 2. The van der Waals surface area contributed by atoms with E-state index in [0.717, 1.165) is 6.07 Å². The van der Waals surface area contributed by atoms with Gasteiger partial charge in [0, 0.05) is 18.1 Å². The van der Waals surface area contributed by atoms with E-state index in [1.165, 1.54) is 24.1 Å². The summed E-state index contributed by atoms with van der Waals surface area (Å²) in [6.07, 6.45) is -4.58. The van der Waals surface area contributed by atoms with Gasteiger partial charge < -0.3 is 9.64 Å². The molecule has 0 saturated heterocycles. The standard InChI is InChI=1S/C14H17BrF3NO2/c1-4-19(9(2)8-21-3)13(20)11-6-5-10(15)7-12(11)14(16,17)18/h5-7,9H,4,8H2,1-3H3. The lowest BCUT2D eigenvalue weighted by Gasteiger charge is -2.28. The fourth-order valence-corrected chi connectivity index (χ4v) is 2.44. The molecule has 0 aliphatic heterocycles. The Morgan fingerprint density at radius 3 is 2.52 bits per heavy atom. The zero-order chi connectivity index (χ0) is 16.2. The maximum Gasteiger partial charge on any atom is 0.417 e. The van der Waals surface area contributed by atoms with Crippen LogP contribution in [0.4, 0.5) is 13.2 Å². The predicted molar refractivity (Wildman–Crippen MR) is 77.2 cm³/mol. The monoisotopic (exact) mass is 367 g/mol. The summed E-state index contributed by atoms with van der Waals surface area (Å²) in [5.41, 5.74) is -1.29. The molecule has 1 unspecified atom stereocenters. The van der Waals surface area contributed by atoms with E-state index in [2.05, 4.69) is 15.9 Å². The molecule has 0 heterocycles. The van der Waals surface area contributed by atoms with E-state index < -0.39 is 17.6 Å². The molecule has 0 fully saturated rings. The lowest BCUT2D eigenvalue weighted by atomic mass is 10.0. The molecule has 0 aromatic heterocycles. The average Bonchev–Trinajstić information content (AvgIpc) is 2.38. The summed E-state index contributed by atoms with van der Waals surface area (Å²) in [6.45, 7) is 4.02. The summed E-state index contributed by atoms with van der Waals surface area (Å²) in [4.78, 5) is 13.8. The fraction of sp³-hybridized carbons (Fsp3) is 0.500. The van der Waals surface area contributed by atoms with Crippen molar-refractivity contribution < 1.29 is 22.7 Å². The van der Waals surface area contributed by atoms with Crippen molar-refractivity contribution in [3.8, 4) is 0 Å². The molecule has 7 heteroatoms. The lowest BCUT2D eigenvalue weighted by Crippen LogP contribution is -2.41. The van der Waals surface area contributed by atoms with Gasteiger partial charge >= 0.3 is 6.18 Å². The van der Waals surface area contributed by atoms with Gasteiger partial charge in [0.15, 0.2) is 0 Å². The first-order valence-electron chi connectivity index (χ1n) is 6.39. The van der Waals surface area contributed by atoms with E-state index in [9.17, 15) is 18.0 Å². The molecule has 1 aromatic carbocycles. The molecule has 0 N–H and O–H groups in total. The molecular weight excluding hydrogens is 351 g/mol. The number of methoxy groups -OCH3 is 1. The summed E-state index contributed by atoms with van der Waals surface area (Å²) in [5.74, 6) is -0.651. The van der Waals surface area contributed by atoms with Crippen molar-refractivity contribution in [3.05, 3.63) is 33.8 Å². The minimum Gasteiger partial charge on any atom is -0.383 e. The second-order valence-electron chi connectivity index (χ2n) is 4.58. The van der Waals surface area contributed by atoms with Crippen LogP contribution in [0.15, 0.2) is 22.7 Å². The Kier molecular flexibility index (Phi) is 6.22. The van der Waals surface area contributed by atoms with Gasteiger partial charge in [-0.15, -0.1) is 0 Å². The summed E-state index contributed by atoms with van der Waals surface area (Å²) < 4.78 is 44.5. The summed E-state index contributed by atoms with van der Waals surface area (Å²) in [6, 6.07) is 3.23. The molecule has 0 aliphatic rings. The van der Waals surface area contributed by atoms with Crippen LogP contribution in [-0.2, 0) is 10.9 Å². The number of likely N-dealkylation sites (N-methyl/N-ethyl adjacent to an activating group) is 1. The molecule has 0 radical (unpaired) electrons. The summed E-state index contributed by atoms with van der Waals surface area (Å²) in [5, 5.41) is 0. The second kappa shape index (κ2) is 7.26. The van der Waals surface area contributed by atoms with Crippen molar-refractivity contribution in [2.75, 3.05) is 20.3 Å². The number of halogens is 4. The van der Waals surface area contributed by atoms with Crippen LogP contribution < -0.4 is 0 Å². The molecule has 0 spiro atoms. The number of rotatable bonds is 5. The average molecular weight is 368 g/mol. The minimum absolute atomic E-state index is 0.261. The number of amides is 1. The van der Waals surface area contributed by atoms with Gasteiger partial charge in [-0.2, -0.15) is 13.2 Å². The van der Waals surface area contributed by atoms with E-state index in [1.54, 1.807) is 13.8 Å². The van der Waals surface area contributed by atoms with E-state index in [0.29, 0.717) is 6.54 Å². The topological polar surface area (TPSA) is 29.5 Å². The van der Waals surface area contributed by atoms with Crippen molar-refractivity contribution in [1.29, 1.82) is 0 Å². The molecule has 1 amide bonds. The Bertz CT molecular complexity index is 505. The third kappa shape index (κ3) is 4.44. The number of hydrogen-bond donors (Lipinski definition) is 0. The van der Waals surface area contributed by atoms with Crippen LogP contribution in [0.5, 0.6) is 0 Å². The van der Waals surface area contributed by atoms with Crippen LogP contribution in [0.1, 0.15) is 29.8 Å². The molecule has 21 heavy (non-hydrogen) atoms. The number of nitrogens with zero attached hydrogens (tertiary/aromatic N) is 1. The van der Waals surface area contributed by atoms with Gasteiger partial charge in [-0.3, -0.25) is 4.79 Å². The zero-order valence-corrected chi connectivity index (χ0v) is 13.6. The first kappa shape index (κ1) is 18.0.